The van der Waals surface area contributed by atoms with Crippen molar-refractivity contribution in [3.05, 3.63) is 29.8 Å². The van der Waals surface area contributed by atoms with Crippen LogP contribution in [-0.2, 0) is 4.79 Å². The topological polar surface area (TPSA) is 61.4 Å². The molecule has 1 aromatic carbocycles. The Balaban J connectivity index is 1.92. The van der Waals surface area contributed by atoms with Crippen molar-refractivity contribution in [3.8, 4) is 0 Å². The van der Waals surface area contributed by atoms with Crippen molar-refractivity contribution in [3.63, 3.8) is 0 Å². The van der Waals surface area contributed by atoms with Crippen LogP contribution in [0.3, 0.4) is 0 Å². The third kappa shape index (κ3) is 3.24. The zero-order valence-electron chi connectivity index (χ0n) is 11.4. The summed E-state index contributed by atoms with van der Waals surface area (Å²) in [6.45, 7) is 2.02. The van der Waals surface area contributed by atoms with Crippen LogP contribution in [0.4, 0.5) is 5.69 Å². The van der Waals surface area contributed by atoms with Gasteiger partial charge in [0.05, 0.1) is 0 Å². The van der Waals surface area contributed by atoms with Crippen molar-refractivity contribution in [1.29, 1.82) is 0 Å². The monoisotopic (exact) mass is 261 g/mol. The van der Waals surface area contributed by atoms with Crippen LogP contribution in [0.25, 0.3) is 0 Å². The maximum absolute atomic E-state index is 11.9. The van der Waals surface area contributed by atoms with E-state index in [0.717, 1.165) is 12.1 Å². The normalized spacial score (nSPS) is 20.6. The summed E-state index contributed by atoms with van der Waals surface area (Å²) in [5.41, 5.74) is 6.38. The fourth-order valence-electron chi connectivity index (χ4n) is 1.90. The third-order valence-electron chi connectivity index (χ3n) is 3.37. The molecule has 2 rings (SSSR count). The van der Waals surface area contributed by atoms with E-state index < -0.39 is 0 Å². The number of rotatable bonds is 3. The maximum atomic E-state index is 11.9. The first-order valence-electron chi connectivity index (χ1n) is 6.36. The van der Waals surface area contributed by atoms with E-state index in [1.54, 1.807) is 12.1 Å². The Kier molecular flexibility index (Phi) is 3.74. The number of hydrogen-bond donors (Lipinski definition) is 2. The highest BCUT2D eigenvalue weighted by molar-refractivity contribution is 5.96. The fraction of sp³-hybridized carbons (Fsp3) is 0.429. The number of carbonyl (C=O) groups is 2. The molecule has 2 atom stereocenters. The Morgan fingerprint density at radius 1 is 1.26 bits per heavy atom. The van der Waals surface area contributed by atoms with Crippen molar-refractivity contribution >= 4 is 17.5 Å². The molecule has 2 amide bonds. The van der Waals surface area contributed by atoms with Gasteiger partial charge in [0.2, 0.25) is 5.91 Å². The second-order valence-corrected chi connectivity index (χ2v) is 5.21. The van der Waals surface area contributed by atoms with Crippen molar-refractivity contribution < 1.29 is 9.59 Å². The number of nitrogens with one attached hydrogen (secondary N) is 2. The molecule has 5 heteroatoms. The summed E-state index contributed by atoms with van der Waals surface area (Å²) in [6.07, 6.45) is 0.901. The predicted molar refractivity (Wildman–Crippen MR) is 73.6 cm³/mol. The standard InChI is InChI=1S/C14H19N3O2/c1-9-7-12(9)14(19)16-15-13(18)10-5-4-6-11(8-10)17(2)3/h4-6,8-9,12H,7H2,1-3H3,(H,15,18)(H,16,19)/t9-,12+/m0/s1. The van der Waals surface area contributed by atoms with Crippen molar-refractivity contribution in [1.82, 2.24) is 10.9 Å². The van der Waals surface area contributed by atoms with E-state index in [-0.39, 0.29) is 17.7 Å². The van der Waals surface area contributed by atoms with E-state index in [1.807, 2.05) is 38.1 Å². The lowest BCUT2D eigenvalue weighted by Gasteiger charge is -2.13. The van der Waals surface area contributed by atoms with Gasteiger partial charge < -0.3 is 4.90 Å². The van der Waals surface area contributed by atoms with Crippen molar-refractivity contribution in [2.75, 3.05) is 19.0 Å². The molecule has 0 saturated heterocycles. The lowest BCUT2D eigenvalue weighted by Crippen LogP contribution is -2.42. The first-order chi connectivity index (χ1) is 8.99. The van der Waals surface area contributed by atoms with Gasteiger partial charge in [-0.1, -0.05) is 13.0 Å². The molecule has 0 aromatic heterocycles. The minimum Gasteiger partial charge on any atom is -0.378 e. The number of benzene rings is 1. The van der Waals surface area contributed by atoms with Gasteiger partial charge in [0, 0.05) is 31.3 Å². The Hall–Kier alpha value is -2.04. The van der Waals surface area contributed by atoms with Gasteiger partial charge in [-0.05, 0) is 30.5 Å². The second kappa shape index (κ2) is 5.30. The number of amides is 2. The molecule has 102 valence electrons. The summed E-state index contributed by atoms with van der Waals surface area (Å²) in [5.74, 6) is 0.0670. The summed E-state index contributed by atoms with van der Waals surface area (Å²) in [4.78, 5) is 25.4. The van der Waals surface area contributed by atoms with Crippen LogP contribution in [0.1, 0.15) is 23.7 Å². The van der Waals surface area contributed by atoms with Crippen molar-refractivity contribution in [2.24, 2.45) is 11.8 Å². The molecule has 0 aliphatic heterocycles. The van der Waals surface area contributed by atoms with Crippen LogP contribution >= 0.6 is 0 Å². The van der Waals surface area contributed by atoms with Gasteiger partial charge in [0.25, 0.3) is 5.91 Å². The van der Waals surface area contributed by atoms with E-state index in [9.17, 15) is 9.59 Å². The highest BCUT2D eigenvalue weighted by atomic mass is 16.2. The zero-order valence-corrected chi connectivity index (χ0v) is 11.4. The fourth-order valence-corrected chi connectivity index (χ4v) is 1.90. The lowest BCUT2D eigenvalue weighted by molar-refractivity contribution is -0.123. The van der Waals surface area contributed by atoms with E-state index >= 15 is 0 Å². The molecule has 0 radical (unpaired) electrons. The number of nitrogens with zero attached hydrogens (tertiary/aromatic N) is 1. The quantitative estimate of drug-likeness (QED) is 0.803. The van der Waals surface area contributed by atoms with E-state index in [4.69, 9.17) is 0 Å². The molecule has 1 aliphatic rings. The van der Waals surface area contributed by atoms with Crippen LogP contribution in [-0.4, -0.2) is 25.9 Å². The molecule has 1 fully saturated rings. The first kappa shape index (κ1) is 13.4. The van der Waals surface area contributed by atoms with Gasteiger partial charge >= 0.3 is 0 Å². The summed E-state index contributed by atoms with van der Waals surface area (Å²) in [6, 6.07) is 7.23. The molecule has 2 N–H and O–H groups in total. The molecule has 19 heavy (non-hydrogen) atoms. The Morgan fingerprint density at radius 2 is 1.95 bits per heavy atom. The molecule has 5 nitrogen and oxygen atoms in total. The van der Waals surface area contributed by atoms with Crippen LogP contribution in [0.15, 0.2) is 24.3 Å². The van der Waals surface area contributed by atoms with Gasteiger partial charge in [-0.15, -0.1) is 0 Å². The number of hydrazine groups is 1. The van der Waals surface area contributed by atoms with Crippen molar-refractivity contribution in [2.45, 2.75) is 13.3 Å². The smallest absolute Gasteiger partial charge is 0.269 e. The second-order valence-electron chi connectivity index (χ2n) is 5.21. The largest absolute Gasteiger partial charge is 0.378 e. The summed E-state index contributed by atoms with van der Waals surface area (Å²) in [7, 11) is 3.82. The number of hydrogen-bond acceptors (Lipinski definition) is 3. The molecule has 0 spiro atoms. The summed E-state index contributed by atoms with van der Waals surface area (Å²) in [5, 5.41) is 0. The molecule has 0 heterocycles. The maximum Gasteiger partial charge on any atom is 0.269 e. The predicted octanol–water partition coefficient (Wildman–Crippen LogP) is 1.17. The summed E-state index contributed by atoms with van der Waals surface area (Å²) < 4.78 is 0. The first-order valence-corrected chi connectivity index (χ1v) is 6.36. The minimum atomic E-state index is -0.301. The van der Waals surface area contributed by atoms with Gasteiger partial charge in [-0.25, -0.2) is 0 Å². The molecule has 1 aromatic rings. The summed E-state index contributed by atoms with van der Waals surface area (Å²) >= 11 is 0. The van der Waals surface area contributed by atoms with E-state index in [1.165, 1.54) is 0 Å². The zero-order chi connectivity index (χ0) is 14.0. The van der Waals surface area contributed by atoms with Crippen LogP contribution < -0.4 is 15.8 Å². The van der Waals surface area contributed by atoms with Crippen LogP contribution in [0.5, 0.6) is 0 Å². The molecule has 0 bridgehead atoms. The molecule has 1 aliphatic carbocycles. The molecular weight excluding hydrogens is 242 g/mol. The number of carbonyl (C=O) groups excluding carboxylic acids is 2. The highest BCUT2D eigenvalue weighted by Crippen LogP contribution is 2.37. The van der Waals surface area contributed by atoms with Crippen LogP contribution in [0.2, 0.25) is 0 Å². The molecule has 0 unspecified atom stereocenters. The van der Waals surface area contributed by atoms with Gasteiger partial charge in [0.15, 0.2) is 0 Å². The Labute approximate surface area is 112 Å². The Bertz CT molecular complexity index is 499. The van der Waals surface area contributed by atoms with Gasteiger partial charge in [-0.2, -0.15) is 0 Å². The SMILES string of the molecule is C[C@H]1C[C@H]1C(=O)NNC(=O)c1cccc(N(C)C)c1. The lowest BCUT2D eigenvalue weighted by atomic mass is 10.2. The third-order valence-corrected chi connectivity index (χ3v) is 3.37. The van der Waals surface area contributed by atoms with Gasteiger partial charge in [-0.3, -0.25) is 20.4 Å². The average Bonchev–Trinajstić information content (AvgIpc) is 3.13. The Morgan fingerprint density at radius 3 is 2.53 bits per heavy atom. The van der Waals surface area contributed by atoms with Crippen LogP contribution in [0, 0.1) is 11.8 Å². The highest BCUT2D eigenvalue weighted by Gasteiger charge is 2.39. The van der Waals surface area contributed by atoms with E-state index in [2.05, 4.69) is 10.9 Å². The minimum absolute atomic E-state index is 0.0495. The number of anilines is 1. The van der Waals surface area contributed by atoms with Gasteiger partial charge in [0.1, 0.15) is 0 Å². The molecular formula is C14H19N3O2. The van der Waals surface area contributed by atoms with E-state index in [0.29, 0.717) is 11.5 Å². The molecule has 1 saturated carbocycles. The average molecular weight is 261 g/mol.